The monoisotopic (exact) mass is 508 g/mol. The Kier molecular flexibility index (Phi) is 11.3. The Morgan fingerprint density at radius 2 is 1.68 bits per heavy atom. The predicted octanol–water partition coefficient (Wildman–Crippen LogP) is 5.98. The second-order valence-electron chi connectivity index (χ2n) is 9.86. The van der Waals surface area contributed by atoms with Crippen LogP contribution in [-0.4, -0.2) is 42.0 Å². The third-order valence-corrected chi connectivity index (χ3v) is 7.17. The maximum Gasteiger partial charge on any atom is 0.243 e. The number of amides is 2. The number of carbonyl (C=O) groups excluding carboxylic acids is 2. The second-order valence-corrected chi connectivity index (χ2v) is 9.86. The molecule has 6 heteroatoms. The molecule has 0 spiro atoms. The highest BCUT2D eigenvalue weighted by Gasteiger charge is 2.30. The summed E-state index contributed by atoms with van der Waals surface area (Å²) in [5, 5.41) is 3.26. The Bertz CT molecular complexity index is 1020. The Balaban J connectivity index is 1.77. The van der Waals surface area contributed by atoms with E-state index in [0.717, 1.165) is 42.4 Å². The number of nitrogens with zero attached hydrogens (tertiary/aromatic N) is 1. The van der Waals surface area contributed by atoms with Crippen LogP contribution in [0.1, 0.15) is 82.4 Å². The molecule has 1 N–H and O–H groups in total. The van der Waals surface area contributed by atoms with Crippen molar-refractivity contribution in [1.29, 1.82) is 0 Å². The van der Waals surface area contributed by atoms with Crippen molar-refractivity contribution in [2.75, 3.05) is 13.2 Å². The van der Waals surface area contributed by atoms with Crippen molar-refractivity contribution < 1.29 is 19.1 Å². The molecule has 0 heterocycles. The lowest BCUT2D eigenvalue weighted by atomic mass is 9.95. The summed E-state index contributed by atoms with van der Waals surface area (Å²) < 4.78 is 11.4. The average Bonchev–Trinajstić information content (AvgIpc) is 2.90. The van der Waals surface area contributed by atoms with Crippen LogP contribution >= 0.6 is 0 Å². The molecule has 202 valence electrons. The van der Waals surface area contributed by atoms with Crippen molar-refractivity contribution in [3.05, 3.63) is 59.2 Å². The SMILES string of the molecule is CCOc1ccc(CCC(=O)N(Cc2ccccc2C)[C@H](CC)C(=O)NC2CCCCC2)cc1OCC. The van der Waals surface area contributed by atoms with Crippen molar-refractivity contribution in [2.24, 2.45) is 0 Å². The Morgan fingerprint density at radius 1 is 0.973 bits per heavy atom. The Hall–Kier alpha value is -3.02. The van der Waals surface area contributed by atoms with Crippen LogP contribution in [0, 0.1) is 6.92 Å². The Labute approximate surface area is 222 Å². The van der Waals surface area contributed by atoms with Gasteiger partial charge < -0.3 is 19.7 Å². The van der Waals surface area contributed by atoms with Crippen LogP contribution in [0.15, 0.2) is 42.5 Å². The lowest BCUT2D eigenvalue weighted by Gasteiger charge is -2.33. The van der Waals surface area contributed by atoms with Gasteiger partial charge in [-0.05, 0) is 75.3 Å². The number of nitrogens with one attached hydrogen (secondary N) is 1. The molecule has 1 saturated carbocycles. The lowest BCUT2D eigenvalue weighted by molar-refractivity contribution is -0.141. The van der Waals surface area contributed by atoms with Crippen LogP contribution in [0.2, 0.25) is 0 Å². The van der Waals surface area contributed by atoms with E-state index in [1.54, 1.807) is 4.90 Å². The molecule has 1 aliphatic rings. The van der Waals surface area contributed by atoms with E-state index < -0.39 is 6.04 Å². The van der Waals surface area contributed by atoms with Gasteiger partial charge in [0.25, 0.3) is 0 Å². The molecule has 3 rings (SSSR count). The standard InChI is InChI=1S/C31H44N2O4/c1-5-27(31(35)32-26-15-9-8-10-16-26)33(22-25-14-12-11-13-23(25)4)30(34)20-18-24-17-19-28(36-6-2)29(21-24)37-7-3/h11-14,17,19,21,26-27H,5-10,15-16,18,20,22H2,1-4H3,(H,32,35)/t27-/m1/s1. The van der Waals surface area contributed by atoms with Gasteiger partial charge in [0.05, 0.1) is 13.2 Å². The van der Waals surface area contributed by atoms with Gasteiger partial charge in [-0.25, -0.2) is 0 Å². The van der Waals surface area contributed by atoms with E-state index in [-0.39, 0.29) is 17.9 Å². The number of benzene rings is 2. The quantitative estimate of drug-likeness (QED) is 0.361. The van der Waals surface area contributed by atoms with E-state index in [1.165, 1.54) is 6.42 Å². The molecule has 0 aliphatic heterocycles. The zero-order chi connectivity index (χ0) is 26.6. The number of carbonyl (C=O) groups is 2. The first-order chi connectivity index (χ1) is 18.0. The summed E-state index contributed by atoms with van der Waals surface area (Å²) in [6, 6.07) is 13.7. The summed E-state index contributed by atoms with van der Waals surface area (Å²) in [5.74, 6) is 1.37. The number of ether oxygens (including phenoxy) is 2. The van der Waals surface area contributed by atoms with Gasteiger partial charge in [0.1, 0.15) is 6.04 Å². The molecule has 2 aromatic carbocycles. The normalized spacial score (nSPS) is 14.6. The van der Waals surface area contributed by atoms with Gasteiger partial charge >= 0.3 is 0 Å². The third-order valence-electron chi connectivity index (χ3n) is 7.17. The second kappa shape index (κ2) is 14.7. The molecule has 0 saturated heterocycles. The number of hydrogen-bond acceptors (Lipinski definition) is 4. The van der Waals surface area contributed by atoms with Crippen LogP contribution < -0.4 is 14.8 Å². The topological polar surface area (TPSA) is 67.9 Å². The van der Waals surface area contributed by atoms with Crippen LogP contribution in [-0.2, 0) is 22.6 Å². The summed E-state index contributed by atoms with van der Waals surface area (Å²) in [4.78, 5) is 28.9. The van der Waals surface area contributed by atoms with Crippen molar-refractivity contribution in [2.45, 2.75) is 97.7 Å². The molecule has 2 aromatic rings. The van der Waals surface area contributed by atoms with E-state index in [1.807, 2.05) is 57.2 Å². The van der Waals surface area contributed by atoms with Crippen LogP contribution in [0.4, 0.5) is 0 Å². The van der Waals surface area contributed by atoms with Gasteiger partial charge in [-0.15, -0.1) is 0 Å². The number of hydrogen-bond donors (Lipinski definition) is 1. The van der Waals surface area contributed by atoms with Gasteiger partial charge in [-0.2, -0.15) is 0 Å². The molecular weight excluding hydrogens is 464 g/mol. The fourth-order valence-electron chi connectivity index (χ4n) is 5.08. The minimum Gasteiger partial charge on any atom is -0.490 e. The van der Waals surface area contributed by atoms with Crippen LogP contribution in [0.3, 0.4) is 0 Å². The highest BCUT2D eigenvalue weighted by molar-refractivity contribution is 5.88. The fraction of sp³-hybridized carbons (Fsp3) is 0.548. The highest BCUT2D eigenvalue weighted by atomic mass is 16.5. The van der Waals surface area contributed by atoms with E-state index in [0.29, 0.717) is 50.5 Å². The summed E-state index contributed by atoms with van der Waals surface area (Å²) in [5.41, 5.74) is 3.20. The first kappa shape index (κ1) is 28.5. The van der Waals surface area contributed by atoms with E-state index in [2.05, 4.69) is 18.3 Å². The minimum absolute atomic E-state index is 0.0132. The Morgan fingerprint density at radius 3 is 2.35 bits per heavy atom. The van der Waals surface area contributed by atoms with Crippen molar-refractivity contribution in [3.8, 4) is 11.5 Å². The highest BCUT2D eigenvalue weighted by Crippen LogP contribution is 2.29. The van der Waals surface area contributed by atoms with Crippen molar-refractivity contribution in [3.63, 3.8) is 0 Å². The molecule has 2 amide bonds. The zero-order valence-electron chi connectivity index (χ0n) is 23.1. The lowest BCUT2D eigenvalue weighted by Crippen LogP contribution is -2.51. The fourth-order valence-corrected chi connectivity index (χ4v) is 5.08. The zero-order valence-corrected chi connectivity index (χ0v) is 23.1. The predicted molar refractivity (Wildman–Crippen MR) is 148 cm³/mol. The first-order valence-corrected chi connectivity index (χ1v) is 14.0. The molecule has 6 nitrogen and oxygen atoms in total. The molecule has 0 radical (unpaired) electrons. The third kappa shape index (κ3) is 8.24. The maximum atomic E-state index is 13.7. The minimum atomic E-state index is -0.492. The molecule has 1 aliphatic carbocycles. The molecule has 1 fully saturated rings. The van der Waals surface area contributed by atoms with Gasteiger partial charge in [0.2, 0.25) is 11.8 Å². The molecule has 1 atom stereocenters. The molecular formula is C31H44N2O4. The van der Waals surface area contributed by atoms with Gasteiger partial charge in [0, 0.05) is 19.0 Å². The molecule has 0 aromatic heterocycles. The first-order valence-electron chi connectivity index (χ1n) is 14.0. The average molecular weight is 509 g/mol. The smallest absolute Gasteiger partial charge is 0.243 e. The van der Waals surface area contributed by atoms with E-state index in [4.69, 9.17) is 9.47 Å². The van der Waals surface area contributed by atoms with Gasteiger partial charge in [-0.3, -0.25) is 9.59 Å². The molecule has 37 heavy (non-hydrogen) atoms. The largest absolute Gasteiger partial charge is 0.490 e. The van der Waals surface area contributed by atoms with Gasteiger partial charge in [0.15, 0.2) is 11.5 Å². The van der Waals surface area contributed by atoms with Crippen molar-refractivity contribution >= 4 is 11.8 Å². The number of rotatable bonds is 13. The van der Waals surface area contributed by atoms with E-state index in [9.17, 15) is 9.59 Å². The molecule has 0 bridgehead atoms. The van der Waals surface area contributed by atoms with Gasteiger partial charge in [-0.1, -0.05) is 56.5 Å². The summed E-state index contributed by atoms with van der Waals surface area (Å²) in [6.07, 6.45) is 7.04. The van der Waals surface area contributed by atoms with Crippen LogP contribution in [0.25, 0.3) is 0 Å². The maximum absolute atomic E-state index is 13.7. The van der Waals surface area contributed by atoms with Crippen LogP contribution in [0.5, 0.6) is 11.5 Å². The summed E-state index contributed by atoms with van der Waals surface area (Å²) >= 11 is 0. The number of aryl methyl sites for hydroxylation is 2. The van der Waals surface area contributed by atoms with E-state index >= 15 is 0 Å². The summed E-state index contributed by atoms with van der Waals surface area (Å²) in [7, 11) is 0. The summed E-state index contributed by atoms with van der Waals surface area (Å²) in [6.45, 7) is 9.46. The molecule has 0 unspecified atom stereocenters. The van der Waals surface area contributed by atoms with Crippen molar-refractivity contribution in [1.82, 2.24) is 10.2 Å².